The van der Waals surface area contributed by atoms with Crippen molar-refractivity contribution in [1.29, 1.82) is 0 Å². The number of carboxylic acids is 1. The lowest BCUT2D eigenvalue weighted by Gasteiger charge is -2.58. The number of carbonyl (C=O) groups excluding carboxylic acids is 2. The number of aliphatic hydroxyl groups is 1. The zero-order chi connectivity index (χ0) is 28.0. The largest absolute Gasteiger partial charge is 0.478 e. The molecule has 2 saturated heterocycles. The van der Waals surface area contributed by atoms with Crippen LogP contribution in [0.4, 0.5) is 0 Å². The summed E-state index contributed by atoms with van der Waals surface area (Å²) in [7, 11) is 0. The van der Waals surface area contributed by atoms with Crippen LogP contribution in [-0.2, 0) is 38.1 Å². The van der Waals surface area contributed by atoms with Gasteiger partial charge in [0.25, 0.3) is 0 Å². The predicted octanol–water partition coefficient (Wildman–Crippen LogP) is 2.41. The monoisotopic (exact) mass is 544 g/mol. The van der Waals surface area contributed by atoms with Gasteiger partial charge < -0.3 is 33.9 Å². The van der Waals surface area contributed by atoms with Gasteiger partial charge in [-0.05, 0) is 39.2 Å². The highest BCUT2D eigenvalue weighted by atomic mass is 16.6. The average molecular weight is 545 g/mol. The molecule has 39 heavy (non-hydrogen) atoms. The van der Waals surface area contributed by atoms with Gasteiger partial charge in [-0.2, -0.15) is 0 Å². The molecule has 0 radical (unpaired) electrons. The molecule has 2 spiro atoms. The van der Waals surface area contributed by atoms with E-state index in [0.29, 0.717) is 25.9 Å². The molecule has 3 fully saturated rings. The number of aliphatic hydroxyl groups excluding tert-OH is 1. The van der Waals surface area contributed by atoms with Crippen LogP contribution in [0.3, 0.4) is 0 Å². The fourth-order valence-corrected chi connectivity index (χ4v) is 6.89. The van der Waals surface area contributed by atoms with Crippen molar-refractivity contribution in [2.75, 3.05) is 19.8 Å². The van der Waals surface area contributed by atoms with E-state index >= 15 is 0 Å². The van der Waals surface area contributed by atoms with Gasteiger partial charge in [0.15, 0.2) is 0 Å². The number of esters is 2. The second-order valence-electron chi connectivity index (χ2n) is 11.4. The summed E-state index contributed by atoms with van der Waals surface area (Å²) in [5, 5.41) is 19.7. The highest BCUT2D eigenvalue weighted by molar-refractivity contribution is 5.87. The molecule has 212 valence electrons. The van der Waals surface area contributed by atoms with Gasteiger partial charge in [0.05, 0.1) is 36.9 Å². The smallest absolute Gasteiger partial charge is 0.331 e. The number of ether oxygens (including phenoxy) is 5. The molecule has 0 aromatic rings. The highest BCUT2D eigenvalue weighted by Gasteiger charge is 2.83. The first-order valence-electron chi connectivity index (χ1n) is 13.4. The first-order chi connectivity index (χ1) is 18.5. The number of rotatable bonds is 2. The fourth-order valence-electron chi connectivity index (χ4n) is 6.89. The van der Waals surface area contributed by atoms with Gasteiger partial charge in [0.1, 0.15) is 24.4 Å². The average Bonchev–Trinajstić information content (AvgIpc) is 3.66. The Labute approximate surface area is 227 Å². The van der Waals surface area contributed by atoms with Crippen LogP contribution in [0.25, 0.3) is 0 Å². The molecule has 1 unspecified atom stereocenters. The highest BCUT2D eigenvalue weighted by Crippen LogP contribution is 2.72. The Balaban J connectivity index is 1.53. The standard InChI is InChI=1S/C29H36O10/c1-17-9-11-35-20(18(2)30)6-4-5-7-24(31)39-21-14-23-29(16-37-29)27(21,3)28(15-36-25(32)12-17)10-8-19(26(33)34)13-22(28)38-23/h4-7,12-13,18,20-23,30H,8-11,14-16H2,1-3H3,(H,33,34)/b6-4+,7-5-,17-12+/t18-,20+,21?,22+,23+,27+,28+,29-/m0/s1. The van der Waals surface area contributed by atoms with Crippen molar-refractivity contribution in [1.82, 2.24) is 0 Å². The van der Waals surface area contributed by atoms with E-state index in [2.05, 4.69) is 0 Å². The summed E-state index contributed by atoms with van der Waals surface area (Å²) in [5.41, 5.74) is -1.39. The van der Waals surface area contributed by atoms with Crippen molar-refractivity contribution >= 4 is 17.9 Å². The molecule has 2 N–H and O–H groups in total. The number of aliphatic carboxylic acids is 1. The topological polar surface area (TPSA) is 141 Å². The van der Waals surface area contributed by atoms with Crippen LogP contribution in [0.5, 0.6) is 0 Å². The lowest BCUT2D eigenvalue weighted by Crippen LogP contribution is -2.67. The Morgan fingerprint density at radius 2 is 1.90 bits per heavy atom. The van der Waals surface area contributed by atoms with E-state index in [0.717, 1.165) is 5.57 Å². The fraction of sp³-hybridized carbons (Fsp3) is 0.621. The summed E-state index contributed by atoms with van der Waals surface area (Å²) >= 11 is 0. The quantitative estimate of drug-likeness (QED) is 0.393. The molecule has 8 atom stereocenters. The predicted molar refractivity (Wildman–Crippen MR) is 136 cm³/mol. The first-order valence-corrected chi connectivity index (χ1v) is 13.4. The molecule has 0 amide bonds. The summed E-state index contributed by atoms with van der Waals surface area (Å²) in [6, 6.07) is 0. The minimum absolute atomic E-state index is 0.0504. The van der Waals surface area contributed by atoms with Gasteiger partial charge in [-0.25, -0.2) is 14.4 Å². The SMILES string of the molecule is C/C1=C\C(=O)OC[C@]23CCC(C(=O)O)=C[C@H]2O[C@@H]2CC(OC(=O)/C=C\C=C\[C@H]([C@H](C)O)OCC1)[C@@]3(C)[C@]21CO1. The molecule has 3 aliphatic heterocycles. The molecule has 5 rings (SSSR count). The number of cyclic esters (lactones) is 1. The van der Waals surface area contributed by atoms with E-state index in [1.165, 1.54) is 12.2 Å². The number of carbonyl (C=O) groups is 3. The Morgan fingerprint density at radius 1 is 1.13 bits per heavy atom. The van der Waals surface area contributed by atoms with Gasteiger partial charge in [-0.1, -0.05) is 30.7 Å². The number of epoxide rings is 1. The Morgan fingerprint density at radius 3 is 2.59 bits per heavy atom. The maximum atomic E-state index is 12.9. The lowest BCUT2D eigenvalue weighted by molar-refractivity contribution is -0.232. The number of hydrogen-bond acceptors (Lipinski definition) is 9. The van der Waals surface area contributed by atoms with Crippen LogP contribution in [0.15, 0.2) is 47.6 Å². The van der Waals surface area contributed by atoms with Crippen LogP contribution in [0.1, 0.15) is 46.5 Å². The summed E-state index contributed by atoms with van der Waals surface area (Å²) in [6.45, 7) is 6.04. The second kappa shape index (κ2) is 10.3. The van der Waals surface area contributed by atoms with Gasteiger partial charge in [0, 0.05) is 29.6 Å². The Kier molecular flexibility index (Phi) is 7.34. The minimum atomic E-state index is -1.01. The summed E-state index contributed by atoms with van der Waals surface area (Å²) in [5.74, 6) is -2.09. The van der Waals surface area contributed by atoms with Crippen LogP contribution < -0.4 is 0 Å². The number of hydrogen-bond donors (Lipinski definition) is 2. The van der Waals surface area contributed by atoms with Crippen molar-refractivity contribution in [2.24, 2.45) is 10.8 Å². The molecule has 0 aromatic heterocycles. The van der Waals surface area contributed by atoms with E-state index in [9.17, 15) is 24.6 Å². The molecule has 2 aliphatic carbocycles. The van der Waals surface area contributed by atoms with Gasteiger partial charge in [0.2, 0.25) is 0 Å². The molecule has 10 nitrogen and oxygen atoms in total. The zero-order valence-electron chi connectivity index (χ0n) is 22.5. The van der Waals surface area contributed by atoms with Crippen molar-refractivity contribution in [3.63, 3.8) is 0 Å². The first kappa shape index (κ1) is 27.8. The zero-order valence-corrected chi connectivity index (χ0v) is 22.5. The Bertz CT molecular complexity index is 1140. The molecule has 5 aliphatic rings. The van der Waals surface area contributed by atoms with E-state index in [-0.39, 0.29) is 25.2 Å². The molecule has 10 heteroatoms. The maximum Gasteiger partial charge on any atom is 0.331 e. The van der Waals surface area contributed by atoms with Crippen molar-refractivity contribution < 1.29 is 48.3 Å². The van der Waals surface area contributed by atoms with Gasteiger partial charge in [-0.3, -0.25) is 0 Å². The minimum Gasteiger partial charge on any atom is -0.478 e. The molecular formula is C29H36O10. The van der Waals surface area contributed by atoms with Crippen LogP contribution in [0, 0.1) is 10.8 Å². The molecule has 1 saturated carbocycles. The van der Waals surface area contributed by atoms with Crippen LogP contribution in [-0.4, -0.2) is 84.1 Å². The molecule has 0 aromatic carbocycles. The summed E-state index contributed by atoms with van der Waals surface area (Å²) in [4.78, 5) is 37.7. The molecule has 3 heterocycles. The second-order valence-corrected chi connectivity index (χ2v) is 11.4. The van der Waals surface area contributed by atoms with Gasteiger partial charge in [-0.15, -0.1) is 0 Å². The van der Waals surface area contributed by atoms with E-state index in [1.54, 1.807) is 38.2 Å². The summed E-state index contributed by atoms with van der Waals surface area (Å²) in [6.07, 6.45) is 7.60. The van der Waals surface area contributed by atoms with E-state index in [1.807, 2.05) is 6.92 Å². The lowest BCUT2D eigenvalue weighted by atomic mass is 9.51. The van der Waals surface area contributed by atoms with Crippen LogP contribution >= 0.6 is 0 Å². The normalized spacial score (nSPS) is 44.3. The number of allylic oxidation sites excluding steroid dienone is 2. The maximum absolute atomic E-state index is 12.9. The van der Waals surface area contributed by atoms with Crippen molar-refractivity contribution in [3.05, 3.63) is 47.6 Å². The van der Waals surface area contributed by atoms with Crippen molar-refractivity contribution in [2.45, 2.75) is 82.6 Å². The van der Waals surface area contributed by atoms with E-state index in [4.69, 9.17) is 23.7 Å². The van der Waals surface area contributed by atoms with Crippen LogP contribution in [0.2, 0.25) is 0 Å². The third-order valence-corrected chi connectivity index (χ3v) is 9.31. The summed E-state index contributed by atoms with van der Waals surface area (Å²) < 4.78 is 30.2. The van der Waals surface area contributed by atoms with E-state index < -0.39 is 64.9 Å². The van der Waals surface area contributed by atoms with Crippen molar-refractivity contribution in [3.8, 4) is 0 Å². The Hall–Kier alpha value is -2.79. The molecule has 2 bridgehead atoms. The number of carboxylic acid groups (broad SMARTS) is 1. The molecular weight excluding hydrogens is 508 g/mol. The van der Waals surface area contributed by atoms with Gasteiger partial charge >= 0.3 is 17.9 Å². The third kappa shape index (κ3) is 4.67. The third-order valence-electron chi connectivity index (χ3n) is 9.31.